The molecule has 0 heterocycles. The van der Waals surface area contributed by atoms with Crippen LogP contribution >= 0.6 is 0 Å². The summed E-state index contributed by atoms with van der Waals surface area (Å²) in [6.07, 6.45) is 5.36. The Morgan fingerprint density at radius 2 is 1.90 bits per heavy atom. The standard InChI is InChI=1S/C18H27NO2/c1-2-6-17(20)13-19-18(21)16-11-9-15(10-12-16)14-7-4-3-5-8-14/h3-5,7-8,15-17,20H,2,6,9-13H2,1H3,(H,19,21). The summed E-state index contributed by atoms with van der Waals surface area (Å²) < 4.78 is 0. The van der Waals surface area contributed by atoms with Crippen LogP contribution in [0.2, 0.25) is 0 Å². The molecule has 1 atom stereocenters. The van der Waals surface area contributed by atoms with E-state index in [9.17, 15) is 9.90 Å². The molecule has 1 aliphatic rings. The molecule has 3 nitrogen and oxygen atoms in total. The highest BCUT2D eigenvalue weighted by atomic mass is 16.3. The highest BCUT2D eigenvalue weighted by molar-refractivity contribution is 5.78. The number of nitrogens with one attached hydrogen (secondary N) is 1. The second kappa shape index (κ2) is 8.18. The Balaban J connectivity index is 1.74. The molecule has 1 aliphatic carbocycles. The molecule has 2 rings (SSSR count). The Bertz CT molecular complexity index is 424. The van der Waals surface area contributed by atoms with Gasteiger partial charge in [0.1, 0.15) is 0 Å². The maximum Gasteiger partial charge on any atom is 0.223 e. The fourth-order valence-electron chi connectivity index (χ4n) is 3.21. The van der Waals surface area contributed by atoms with Gasteiger partial charge in [0.05, 0.1) is 6.10 Å². The van der Waals surface area contributed by atoms with Gasteiger partial charge in [0, 0.05) is 12.5 Å². The fourth-order valence-corrected chi connectivity index (χ4v) is 3.21. The van der Waals surface area contributed by atoms with Crippen molar-refractivity contribution in [2.75, 3.05) is 6.54 Å². The summed E-state index contributed by atoms with van der Waals surface area (Å²) in [7, 11) is 0. The number of carbonyl (C=O) groups is 1. The van der Waals surface area contributed by atoms with E-state index in [0.29, 0.717) is 12.5 Å². The van der Waals surface area contributed by atoms with E-state index >= 15 is 0 Å². The van der Waals surface area contributed by atoms with Crippen molar-refractivity contribution in [1.82, 2.24) is 5.32 Å². The van der Waals surface area contributed by atoms with Crippen LogP contribution in [-0.2, 0) is 4.79 Å². The van der Waals surface area contributed by atoms with E-state index in [0.717, 1.165) is 38.5 Å². The van der Waals surface area contributed by atoms with Crippen molar-refractivity contribution in [1.29, 1.82) is 0 Å². The third-order valence-corrected chi connectivity index (χ3v) is 4.50. The number of carbonyl (C=O) groups excluding carboxylic acids is 1. The summed E-state index contributed by atoms with van der Waals surface area (Å²) in [6.45, 7) is 2.43. The molecular weight excluding hydrogens is 262 g/mol. The normalized spacial score (nSPS) is 23.5. The lowest BCUT2D eigenvalue weighted by molar-refractivity contribution is -0.126. The lowest BCUT2D eigenvalue weighted by Crippen LogP contribution is -2.37. The fraction of sp³-hybridized carbons (Fsp3) is 0.611. The molecule has 1 aromatic rings. The van der Waals surface area contributed by atoms with E-state index in [1.54, 1.807) is 0 Å². The van der Waals surface area contributed by atoms with Gasteiger partial charge >= 0.3 is 0 Å². The van der Waals surface area contributed by atoms with Crippen molar-refractivity contribution in [3.8, 4) is 0 Å². The monoisotopic (exact) mass is 289 g/mol. The molecule has 0 radical (unpaired) electrons. The second-order valence-corrected chi connectivity index (χ2v) is 6.15. The first kappa shape index (κ1) is 16.0. The highest BCUT2D eigenvalue weighted by Crippen LogP contribution is 2.35. The van der Waals surface area contributed by atoms with Crippen LogP contribution in [0.5, 0.6) is 0 Å². The Kier molecular flexibility index (Phi) is 6.24. The molecule has 21 heavy (non-hydrogen) atoms. The smallest absolute Gasteiger partial charge is 0.223 e. The summed E-state index contributed by atoms with van der Waals surface area (Å²) in [5.74, 6) is 0.844. The van der Waals surface area contributed by atoms with Crippen molar-refractivity contribution in [2.24, 2.45) is 5.92 Å². The molecule has 0 saturated heterocycles. The largest absolute Gasteiger partial charge is 0.391 e. The first-order valence-electron chi connectivity index (χ1n) is 8.21. The molecule has 1 amide bonds. The maximum absolute atomic E-state index is 12.1. The molecule has 3 heteroatoms. The molecule has 0 aromatic heterocycles. The van der Waals surface area contributed by atoms with Crippen LogP contribution in [0.3, 0.4) is 0 Å². The molecule has 0 bridgehead atoms. The highest BCUT2D eigenvalue weighted by Gasteiger charge is 2.27. The Morgan fingerprint density at radius 1 is 1.24 bits per heavy atom. The zero-order chi connectivity index (χ0) is 15.1. The number of amides is 1. The summed E-state index contributed by atoms with van der Waals surface area (Å²) >= 11 is 0. The molecule has 0 aliphatic heterocycles. The number of hydrogen-bond acceptors (Lipinski definition) is 2. The first-order chi connectivity index (χ1) is 10.2. The average molecular weight is 289 g/mol. The van der Waals surface area contributed by atoms with Crippen LogP contribution in [0, 0.1) is 5.92 Å². The van der Waals surface area contributed by atoms with E-state index in [1.807, 2.05) is 13.0 Å². The summed E-state index contributed by atoms with van der Waals surface area (Å²) in [6, 6.07) is 10.6. The van der Waals surface area contributed by atoms with E-state index in [1.165, 1.54) is 5.56 Å². The van der Waals surface area contributed by atoms with Gasteiger partial charge in [-0.2, -0.15) is 0 Å². The van der Waals surface area contributed by atoms with Gasteiger partial charge in [0.15, 0.2) is 0 Å². The predicted octanol–water partition coefficient (Wildman–Crippen LogP) is 3.24. The molecule has 2 N–H and O–H groups in total. The summed E-state index contributed by atoms with van der Waals surface area (Å²) in [4.78, 5) is 12.1. The lowest BCUT2D eigenvalue weighted by atomic mass is 9.78. The minimum Gasteiger partial charge on any atom is -0.391 e. The number of hydrogen-bond donors (Lipinski definition) is 2. The van der Waals surface area contributed by atoms with Crippen LogP contribution in [0.1, 0.15) is 56.9 Å². The van der Waals surface area contributed by atoms with Gasteiger partial charge in [0.25, 0.3) is 0 Å². The quantitative estimate of drug-likeness (QED) is 0.844. The zero-order valence-corrected chi connectivity index (χ0v) is 12.9. The van der Waals surface area contributed by atoms with E-state index < -0.39 is 6.10 Å². The zero-order valence-electron chi connectivity index (χ0n) is 12.9. The van der Waals surface area contributed by atoms with Crippen LogP contribution in [-0.4, -0.2) is 23.7 Å². The van der Waals surface area contributed by atoms with Crippen molar-refractivity contribution >= 4 is 5.91 Å². The predicted molar refractivity (Wildman–Crippen MR) is 85.1 cm³/mol. The van der Waals surface area contributed by atoms with Gasteiger partial charge < -0.3 is 10.4 Å². The summed E-state index contributed by atoms with van der Waals surface area (Å²) in [5, 5.41) is 12.6. The molecule has 1 aromatic carbocycles. The Labute approximate surface area is 127 Å². The van der Waals surface area contributed by atoms with Crippen molar-refractivity contribution in [3.05, 3.63) is 35.9 Å². The second-order valence-electron chi connectivity index (χ2n) is 6.15. The molecular formula is C18H27NO2. The maximum atomic E-state index is 12.1. The molecule has 0 spiro atoms. The minimum absolute atomic E-state index is 0.122. The van der Waals surface area contributed by atoms with Crippen molar-refractivity contribution < 1.29 is 9.90 Å². The average Bonchev–Trinajstić information content (AvgIpc) is 2.54. The number of rotatable bonds is 6. The molecule has 1 unspecified atom stereocenters. The Hall–Kier alpha value is -1.35. The van der Waals surface area contributed by atoms with Gasteiger partial charge in [-0.15, -0.1) is 0 Å². The van der Waals surface area contributed by atoms with Crippen molar-refractivity contribution in [3.63, 3.8) is 0 Å². The first-order valence-corrected chi connectivity index (χ1v) is 8.21. The van der Waals surface area contributed by atoms with Crippen molar-refractivity contribution in [2.45, 2.75) is 57.5 Å². The molecule has 1 saturated carbocycles. The third-order valence-electron chi connectivity index (χ3n) is 4.50. The van der Waals surface area contributed by atoms with E-state index in [2.05, 4.69) is 29.6 Å². The van der Waals surface area contributed by atoms with E-state index in [4.69, 9.17) is 0 Å². The minimum atomic E-state index is -0.403. The molecule has 116 valence electrons. The number of aliphatic hydroxyl groups is 1. The Morgan fingerprint density at radius 3 is 2.52 bits per heavy atom. The summed E-state index contributed by atoms with van der Waals surface area (Å²) in [5.41, 5.74) is 1.40. The number of benzene rings is 1. The lowest BCUT2D eigenvalue weighted by Gasteiger charge is -2.28. The molecule has 1 fully saturated rings. The van der Waals surface area contributed by atoms with Gasteiger partial charge in [-0.05, 0) is 43.6 Å². The van der Waals surface area contributed by atoms with Crippen LogP contribution < -0.4 is 5.32 Å². The topological polar surface area (TPSA) is 49.3 Å². The van der Waals surface area contributed by atoms with Gasteiger partial charge in [-0.1, -0.05) is 43.7 Å². The van der Waals surface area contributed by atoms with Crippen LogP contribution in [0.25, 0.3) is 0 Å². The van der Waals surface area contributed by atoms with Crippen LogP contribution in [0.15, 0.2) is 30.3 Å². The third kappa shape index (κ3) is 4.85. The van der Waals surface area contributed by atoms with E-state index in [-0.39, 0.29) is 11.8 Å². The van der Waals surface area contributed by atoms with Gasteiger partial charge in [0.2, 0.25) is 5.91 Å². The van der Waals surface area contributed by atoms with Crippen LogP contribution in [0.4, 0.5) is 0 Å². The SMILES string of the molecule is CCCC(O)CNC(=O)C1CCC(c2ccccc2)CC1. The van der Waals surface area contributed by atoms with Gasteiger partial charge in [-0.3, -0.25) is 4.79 Å². The van der Waals surface area contributed by atoms with Gasteiger partial charge in [-0.25, -0.2) is 0 Å². The number of aliphatic hydroxyl groups excluding tert-OH is 1.